The van der Waals surface area contributed by atoms with E-state index in [4.69, 9.17) is 37.4 Å². The van der Waals surface area contributed by atoms with Gasteiger partial charge >= 0.3 is 0 Å². The summed E-state index contributed by atoms with van der Waals surface area (Å²) < 4.78 is 17.0. The Morgan fingerprint density at radius 2 is 2.27 bits per heavy atom. The van der Waals surface area contributed by atoms with Crippen LogP contribution in [0.15, 0.2) is 59.1 Å². The zero-order valence-corrected chi connectivity index (χ0v) is 17.2. The third-order valence-corrected chi connectivity index (χ3v) is 4.06. The van der Waals surface area contributed by atoms with Crippen LogP contribution in [0.1, 0.15) is 26.7 Å². The first kappa shape index (κ1) is 22.8. The van der Waals surface area contributed by atoms with Crippen molar-refractivity contribution >= 4 is 23.2 Å². The van der Waals surface area contributed by atoms with E-state index < -0.39 is 0 Å². The number of rotatable bonds is 10. The van der Waals surface area contributed by atoms with E-state index in [-0.39, 0.29) is 12.3 Å². The number of methoxy groups -OCH3 is 1. The molecular formula is C20H29Cl2NO3. The molecule has 2 atom stereocenters. The van der Waals surface area contributed by atoms with Crippen molar-refractivity contribution in [2.45, 2.75) is 39.0 Å². The van der Waals surface area contributed by atoms with Crippen LogP contribution in [0.4, 0.5) is 0 Å². The van der Waals surface area contributed by atoms with Gasteiger partial charge in [0.25, 0.3) is 0 Å². The van der Waals surface area contributed by atoms with Gasteiger partial charge in [-0.25, -0.2) is 0 Å². The Morgan fingerprint density at radius 3 is 2.92 bits per heavy atom. The number of hydrogen-bond donors (Lipinski definition) is 1. The number of ether oxygens (including phenoxy) is 3. The van der Waals surface area contributed by atoms with E-state index in [0.717, 1.165) is 18.4 Å². The summed E-state index contributed by atoms with van der Waals surface area (Å²) in [6, 6.07) is 0. The molecule has 1 N–H and O–H groups in total. The largest absolute Gasteiger partial charge is 0.501 e. The minimum atomic E-state index is -0.280. The monoisotopic (exact) mass is 401 g/mol. The van der Waals surface area contributed by atoms with Gasteiger partial charge in [0.1, 0.15) is 18.1 Å². The fourth-order valence-corrected chi connectivity index (χ4v) is 2.52. The van der Waals surface area contributed by atoms with Crippen molar-refractivity contribution < 1.29 is 14.2 Å². The summed E-state index contributed by atoms with van der Waals surface area (Å²) in [7, 11) is 1.66. The molecule has 0 aliphatic carbocycles. The van der Waals surface area contributed by atoms with Gasteiger partial charge in [0.05, 0.1) is 17.9 Å². The molecule has 0 fully saturated rings. The van der Waals surface area contributed by atoms with Crippen LogP contribution >= 0.6 is 23.2 Å². The predicted molar refractivity (Wildman–Crippen MR) is 109 cm³/mol. The van der Waals surface area contributed by atoms with Crippen molar-refractivity contribution in [2.75, 3.05) is 26.1 Å². The SMILES string of the molecule is CCC(OC(/C=C\CCl)=C(/C)Cl)C(NCC1=C/C=C/OCC\C=C\1)OC. The smallest absolute Gasteiger partial charge is 0.145 e. The number of allylic oxidation sites excluding steroid dienone is 5. The number of halogens is 2. The molecule has 0 saturated heterocycles. The molecule has 0 spiro atoms. The van der Waals surface area contributed by atoms with Crippen LogP contribution in [0.2, 0.25) is 0 Å². The third kappa shape index (κ3) is 8.95. The summed E-state index contributed by atoms with van der Waals surface area (Å²) in [5, 5.41) is 3.98. The van der Waals surface area contributed by atoms with Gasteiger partial charge in [0.15, 0.2) is 0 Å². The summed E-state index contributed by atoms with van der Waals surface area (Å²) >= 11 is 11.8. The van der Waals surface area contributed by atoms with Gasteiger partial charge in [-0.3, -0.25) is 5.32 Å². The minimum Gasteiger partial charge on any atom is -0.501 e. The van der Waals surface area contributed by atoms with Crippen LogP contribution in [-0.4, -0.2) is 38.5 Å². The number of hydrogen-bond acceptors (Lipinski definition) is 4. The molecule has 0 aromatic heterocycles. The fraction of sp³-hybridized carbons (Fsp3) is 0.500. The highest BCUT2D eigenvalue weighted by Gasteiger charge is 2.22. The summed E-state index contributed by atoms with van der Waals surface area (Å²) in [6.07, 6.45) is 14.6. The van der Waals surface area contributed by atoms with Crippen molar-refractivity contribution in [3.63, 3.8) is 0 Å². The van der Waals surface area contributed by atoms with Crippen LogP contribution < -0.4 is 5.32 Å². The standard InChI is InChI=1S/C20H29Cl2NO3/c1-4-18(26-19(16(2)22)11-7-12-21)20(24-3)23-15-17-9-5-6-13-25-14-8-10-17/h5,7-11,14,18,20,23H,4,6,12-13,15H2,1-3H3/b9-5+,11-7-,14-8+,17-10+,19-16-. The molecule has 6 heteroatoms. The zero-order valence-electron chi connectivity index (χ0n) is 15.7. The van der Waals surface area contributed by atoms with Crippen molar-refractivity contribution in [1.29, 1.82) is 0 Å². The predicted octanol–water partition coefficient (Wildman–Crippen LogP) is 5.03. The second kappa shape index (κ2) is 13.9. The van der Waals surface area contributed by atoms with Crippen molar-refractivity contribution in [3.8, 4) is 0 Å². The van der Waals surface area contributed by atoms with Crippen LogP contribution in [0, 0.1) is 0 Å². The van der Waals surface area contributed by atoms with Crippen LogP contribution in [0.3, 0.4) is 0 Å². The molecule has 1 rings (SSSR count). The van der Waals surface area contributed by atoms with Crippen molar-refractivity contribution in [1.82, 2.24) is 5.32 Å². The molecule has 1 aliphatic rings. The van der Waals surface area contributed by atoms with Gasteiger partial charge in [0, 0.05) is 19.5 Å². The quantitative estimate of drug-likeness (QED) is 0.241. The van der Waals surface area contributed by atoms with E-state index in [1.807, 2.05) is 19.1 Å². The topological polar surface area (TPSA) is 39.7 Å². The molecule has 26 heavy (non-hydrogen) atoms. The summed E-state index contributed by atoms with van der Waals surface area (Å²) in [6.45, 7) is 5.18. The Morgan fingerprint density at radius 1 is 1.46 bits per heavy atom. The van der Waals surface area contributed by atoms with E-state index in [0.29, 0.717) is 29.8 Å². The third-order valence-electron chi connectivity index (χ3n) is 3.70. The molecule has 0 saturated carbocycles. The van der Waals surface area contributed by atoms with E-state index in [2.05, 4.69) is 17.5 Å². The van der Waals surface area contributed by atoms with Crippen molar-refractivity contribution in [2.24, 2.45) is 0 Å². The highest BCUT2D eigenvalue weighted by molar-refractivity contribution is 6.29. The van der Waals surface area contributed by atoms with Gasteiger partial charge in [-0.1, -0.05) is 42.8 Å². The Kier molecular flexibility index (Phi) is 12.2. The molecule has 2 unspecified atom stereocenters. The first-order valence-electron chi connectivity index (χ1n) is 8.77. The summed E-state index contributed by atoms with van der Waals surface area (Å²) in [5.74, 6) is 1.00. The Balaban J connectivity index is 2.75. The number of nitrogens with one attached hydrogen (secondary N) is 1. The van der Waals surface area contributed by atoms with Gasteiger partial charge < -0.3 is 14.2 Å². The summed E-state index contributed by atoms with van der Waals surface area (Å²) in [5.41, 5.74) is 1.13. The molecule has 0 radical (unpaired) electrons. The fourth-order valence-electron chi connectivity index (χ4n) is 2.32. The Hall–Kier alpha value is -1.20. The van der Waals surface area contributed by atoms with Crippen molar-refractivity contribution in [3.05, 3.63) is 59.1 Å². The molecule has 146 valence electrons. The van der Waals surface area contributed by atoms with Crippen LogP contribution in [0.5, 0.6) is 0 Å². The van der Waals surface area contributed by atoms with Gasteiger partial charge in [-0.2, -0.15) is 0 Å². The van der Waals surface area contributed by atoms with E-state index >= 15 is 0 Å². The lowest BCUT2D eigenvalue weighted by atomic mass is 10.2. The van der Waals surface area contributed by atoms with Gasteiger partial charge in [-0.15, -0.1) is 11.6 Å². The molecular weight excluding hydrogens is 373 g/mol. The molecule has 1 aliphatic heterocycles. The minimum absolute atomic E-state index is 0.191. The maximum Gasteiger partial charge on any atom is 0.145 e. The number of alkyl halides is 1. The van der Waals surface area contributed by atoms with Gasteiger partial charge in [-0.05, 0) is 37.5 Å². The lowest BCUT2D eigenvalue weighted by Gasteiger charge is -2.27. The normalized spacial score (nSPS) is 22.7. The highest BCUT2D eigenvalue weighted by Crippen LogP contribution is 2.18. The maximum atomic E-state index is 6.14. The van der Waals surface area contributed by atoms with Gasteiger partial charge in [0.2, 0.25) is 0 Å². The lowest BCUT2D eigenvalue weighted by Crippen LogP contribution is -2.43. The second-order valence-electron chi connectivity index (χ2n) is 5.69. The average Bonchev–Trinajstić information content (AvgIpc) is 2.77. The second-order valence-corrected chi connectivity index (χ2v) is 6.56. The molecule has 0 aromatic carbocycles. The van der Waals surface area contributed by atoms with Crippen LogP contribution in [0.25, 0.3) is 0 Å². The summed E-state index contributed by atoms with van der Waals surface area (Å²) in [4.78, 5) is 0. The van der Waals surface area contributed by atoms with E-state index in [1.54, 1.807) is 32.4 Å². The van der Waals surface area contributed by atoms with Crippen LogP contribution in [-0.2, 0) is 14.2 Å². The van der Waals surface area contributed by atoms with E-state index in [9.17, 15) is 0 Å². The maximum absolute atomic E-state index is 6.14. The van der Waals surface area contributed by atoms with E-state index in [1.165, 1.54) is 0 Å². The first-order chi connectivity index (χ1) is 12.6. The molecule has 4 nitrogen and oxygen atoms in total. The first-order valence-corrected chi connectivity index (χ1v) is 9.69. The molecule has 0 bridgehead atoms. The zero-order chi connectivity index (χ0) is 19.2. The Bertz CT molecular complexity index is 549. The average molecular weight is 402 g/mol. The molecule has 1 heterocycles. The molecule has 0 aromatic rings. The lowest BCUT2D eigenvalue weighted by molar-refractivity contribution is -0.0443. The molecule has 0 amide bonds. The highest BCUT2D eigenvalue weighted by atomic mass is 35.5. The Labute approximate surface area is 167 Å².